The number of amides is 1. The first kappa shape index (κ1) is 23.4. The molecule has 0 saturated heterocycles. The summed E-state index contributed by atoms with van der Waals surface area (Å²) in [4.78, 5) is 29.9. The number of carbonyl (C=O) groups excluding carboxylic acids is 1. The fourth-order valence-electron chi connectivity index (χ4n) is 3.39. The minimum absolute atomic E-state index is 0.00156. The SMILES string of the molecule is CNS(=O)(=O)c1ccccc1-n1c(COC(=O)NCCO)nc2cc(C)cc(C)c2c1=O. The number of hydrogen-bond donors (Lipinski definition) is 3. The van der Waals surface area contributed by atoms with E-state index in [1.54, 1.807) is 25.1 Å². The lowest BCUT2D eigenvalue weighted by Gasteiger charge is -2.17. The largest absolute Gasteiger partial charge is 0.441 e. The Bertz CT molecular complexity index is 1330. The van der Waals surface area contributed by atoms with Crippen LogP contribution >= 0.6 is 0 Å². The van der Waals surface area contributed by atoms with E-state index >= 15 is 0 Å². The van der Waals surface area contributed by atoms with Crippen LogP contribution in [0.15, 0.2) is 46.1 Å². The number of rotatable bonds is 7. The second kappa shape index (κ2) is 9.47. The van der Waals surface area contributed by atoms with Crippen molar-refractivity contribution in [3.8, 4) is 5.69 Å². The molecule has 10 nitrogen and oxygen atoms in total. The van der Waals surface area contributed by atoms with Gasteiger partial charge in [-0.2, -0.15) is 0 Å². The third-order valence-corrected chi connectivity index (χ3v) is 6.22. The van der Waals surface area contributed by atoms with Crippen molar-refractivity contribution in [2.75, 3.05) is 20.2 Å². The molecule has 0 saturated carbocycles. The molecule has 3 rings (SSSR count). The van der Waals surface area contributed by atoms with Crippen molar-refractivity contribution in [2.24, 2.45) is 0 Å². The Morgan fingerprint density at radius 1 is 1.22 bits per heavy atom. The summed E-state index contributed by atoms with van der Waals surface area (Å²) in [5, 5.41) is 11.5. The van der Waals surface area contributed by atoms with E-state index < -0.39 is 28.3 Å². The number of sulfonamides is 1. The van der Waals surface area contributed by atoms with Crippen LogP contribution in [0.4, 0.5) is 4.79 Å². The number of hydrogen-bond acceptors (Lipinski definition) is 7. The maximum atomic E-state index is 13.6. The maximum absolute atomic E-state index is 13.6. The highest BCUT2D eigenvalue weighted by Gasteiger charge is 2.23. The second-order valence-corrected chi connectivity index (χ2v) is 8.90. The molecule has 1 amide bonds. The third-order valence-electron chi connectivity index (χ3n) is 4.76. The van der Waals surface area contributed by atoms with Gasteiger partial charge in [-0.1, -0.05) is 18.2 Å². The van der Waals surface area contributed by atoms with Crippen LogP contribution in [0.2, 0.25) is 0 Å². The van der Waals surface area contributed by atoms with E-state index in [2.05, 4.69) is 15.0 Å². The van der Waals surface area contributed by atoms with E-state index in [1.165, 1.54) is 19.2 Å². The minimum atomic E-state index is -3.91. The molecule has 1 heterocycles. The molecule has 1 aromatic heterocycles. The first-order chi connectivity index (χ1) is 15.2. The number of nitrogens with one attached hydrogen (secondary N) is 2. The summed E-state index contributed by atoms with van der Waals surface area (Å²) in [6.45, 7) is 2.98. The van der Waals surface area contributed by atoms with Gasteiger partial charge in [0.1, 0.15) is 4.90 Å². The quantitative estimate of drug-likeness (QED) is 0.480. The highest BCUT2D eigenvalue weighted by atomic mass is 32.2. The van der Waals surface area contributed by atoms with Crippen LogP contribution in [0.5, 0.6) is 0 Å². The Hall–Kier alpha value is -3.28. The molecule has 0 aliphatic heterocycles. The number of alkyl carbamates (subject to hydrolysis) is 1. The van der Waals surface area contributed by atoms with E-state index in [0.29, 0.717) is 16.5 Å². The normalized spacial score (nSPS) is 11.5. The number of para-hydroxylation sites is 1. The summed E-state index contributed by atoms with van der Waals surface area (Å²) < 4.78 is 33.8. The summed E-state index contributed by atoms with van der Waals surface area (Å²) in [5.74, 6) is 0.0467. The zero-order valence-electron chi connectivity index (χ0n) is 17.9. The van der Waals surface area contributed by atoms with Crippen LogP contribution in [0.25, 0.3) is 16.6 Å². The zero-order valence-corrected chi connectivity index (χ0v) is 18.7. The number of carbonyl (C=O) groups is 1. The average Bonchev–Trinajstić information content (AvgIpc) is 2.75. The van der Waals surface area contributed by atoms with E-state index in [-0.39, 0.29) is 29.6 Å². The summed E-state index contributed by atoms with van der Waals surface area (Å²) in [6, 6.07) is 9.57. The number of fused-ring (bicyclic) bond motifs is 1. The molecular weight excluding hydrogens is 436 g/mol. The van der Waals surface area contributed by atoms with Gasteiger partial charge in [-0.05, 0) is 50.2 Å². The van der Waals surface area contributed by atoms with Gasteiger partial charge in [0, 0.05) is 6.54 Å². The van der Waals surface area contributed by atoms with Gasteiger partial charge < -0.3 is 15.2 Å². The van der Waals surface area contributed by atoms with Gasteiger partial charge in [-0.15, -0.1) is 0 Å². The molecule has 3 aromatic rings. The van der Waals surface area contributed by atoms with Gasteiger partial charge in [-0.25, -0.2) is 22.9 Å². The molecule has 0 bridgehead atoms. The lowest BCUT2D eigenvalue weighted by molar-refractivity contribution is 0.133. The van der Waals surface area contributed by atoms with Gasteiger partial charge in [-0.3, -0.25) is 9.36 Å². The van der Waals surface area contributed by atoms with Gasteiger partial charge in [0.15, 0.2) is 12.4 Å². The van der Waals surface area contributed by atoms with Gasteiger partial charge in [0.2, 0.25) is 10.0 Å². The molecule has 3 N–H and O–H groups in total. The smallest absolute Gasteiger partial charge is 0.407 e. The molecular formula is C21H24N4O6S. The van der Waals surface area contributed by atoms with Gasteiger partial charge in [0.05, 0.1) is 23.2 Å². The Morgan fingerprint density at radius 3 is 2.62 bits per heavy atom. The van der Waals surface area contributed by atoms with Gasteiger partial charge >= 0.3 is 6.09 Å². The van der Waals surface area contributed by atoms with Crippen LogP contribution in [0.1, 0.15) is 17.0 Å². The second-order valence-electron chi connectivity index (χ2n) is 7.05. The fraction of sp³-hybridized carbons (Fsp3) is 0.286. The molecule has 170 valence electrons. The Balaban J connectivity index is 2.28. The summed E-state index contributed by atoms with van der Waals surface area (Å²) in [5.41, 5.74) is 1.59. The molecule has 0 atom stereocenters. The van der Waals surface area contributed by atoms with Crippen molar-refractivity contribution in [2.45, 2.75) is 25.3 Å². The standard InChI is InChI=1S/C21H24N4O6S/c1-13-10-14(2)19-15(11-13)24-18(12-31-21(28)23-8-9-26)25(20(19)27)16-6-4-5-7-17(16)32(29,30)22-3/h4-7,10-11,22,26H,8-9,12H2,1-3H3,(H,23,28). The van der Waals surface area contributed by atoms with Crippen molar-refractivity contribution in [1.29, 1.82) is 0 Å². The fourth-order valence-corrected chi connectivity index (χ4v) is 4.31. The summed E-state index contributed by atoms with van der Waals surface area (Å²) in [7, 11) is -2.64. The number of aliphatic hydroxyl groups is 1. The predicted octanol–water partition coefficient (Wildman–Crippen LogP) is 1.13. The molecule has 0 aliphatic carbocycles. The highest BCUT2D eigenvalue weighted by Crippen LogP contribution is 2.23. The Kier molecular flexibility index (Phi) is 6.92. The number of aryl methyl sites for hydroxylation is 2. The molecule has 0 unspecified atom stereocenters. The third kappa shape index (κ3) is 4.64. The Morgan fingerprint density at radius 2 is 1.94 bits per heavy atom. The number of ether oxygens (including phenoxy) is 1. The van der Waals surface area contributed by atoms with Crippen LogP contribution < -0.4 is 15.6 Å². The van der Waals surface area contributed by atoms with Crippen LogP contribution in [-0.4, -0.2) is 49.4 Å². The molecule has 32 heavy (non-hydrogen) atoms. The summed E-state index contributed by atoms with van der Waals surface area (Å²) in [6.07, 6.45) is -0.809. The molecule has 11 heteroatoms. The van der Waals surface area contributed by atoms with Crippen molar-refractivity contribution < 1.29 is 23.1 Å². The number of benzene rings is 2. The predicted molar refractivity (Wildman–Crippen MR) is 118 cm³/mol. The first-order valence-corrected chi connectivity index (χ1v) is 11.2. The lowest BCUT2D eigenvalue weighted by atomic mass is 10.1. The van der Waals surface area contributed by atoms with Crippen LogP contribution in [0.3, 0.4) is 0 Å². The highest BCUT2D eigenvalue weighted by molar-refractivity contribution is 7.89. The molecule has 0 spiro atoms. The molecule has 0 radical (unpaired) electrons. The van der Waals surface area contributed by atoms with E-state index in [1.807, 2.05) is 13.0 Å². The van der Waals surface area contributed by atoms with Gasteiger partial charge in [0.25, 0.3) is 5.56 Å². The van der Waals surface area contributed by atoms with E-state index in [4.69, 9.17) is 9.84 Å². The van der Waals surface area contributed by atoms with Crippen LogP contribution in [0, 0.1) is 13.8 Å². The van der Waals surface area contributed by atoms with Crippen molar-refractivity contribution in [3.63, 3.8) is 0 Å². The number of aliphatic hydroxyl groups excluding tert-OH is 1. The van der Waals surface area contributed by atoms with Crippen molar-refractivity contribution >= 4 is 27.0 Å². The van der Waals surface area contributed by atoms with Crippen molar-refractivity contribution in [1.82, 2.24) is 19.6 Å². The number of aromatic nitrogens is 2. The van der Waals surface area contributed by atoms with Crippen molar-refractivity contribution in [3.05, 3.63) is 63.7 Å². The molecule has 0 aliphatic rings. The first-order valence-electron chi connectivity index (χ1n) is 9.77. The maximum Gasteiger partial charge on any atom is 0.407 e. The lowest BCUT2D eigenvalue weighted by Crippen LogP contribution is -2.30. The number of nitrogens with zero attached hydrogens (tertiary/aromatic N) is 2. The van der Waals surface area contributed by atoms with E-state index in [9.17, 15) is 18.0 Å². The summed E-state index contributed by atoms with van der Waals surface area (Å²) >= 11 is 0. The molecule has 2 aromatic carbocycles. The average molecular weight is 461 g/mol. The molecule has 0 fully saturated rings. The zero-order chi connectivity index (χ0) is 23.5. The van der Waals surface area contributed by atoms with E-state index in [0.717, 1.165) is 10.1 Å². The topological polar surface area (TPSA) is 140 Å². The monoisotopic (exact) mass is 460 g/mol. The Labute approximate surface area is 184 Å². The van der Waals surface area contributed by atoms with Crippen LogP contribution in [-0.2, 0) is 21.4 Å². The minimum Gasteiger partial charge on any atom is -0.441 e.